The maximum Gasteiger partial charge on any atom is 0.0570 e. The second kappa shape index (κ2) is 5.25. The fourth-order valence-electron chi connectivity index (χ4n) is 4.09. The largest absolute Gasteiger partial charge is 0.393 e. The van der Waals surface area contributed by atoms with Crippen molar-refractivity contribution in [1.82, 2.24) is 9.80 Å². The molecule has 3 aliphatic heterocycles. The summed E-state index contributed by atoms with van der Waals surface area (Å²) in [6.45, 7) is 5.20. The highest BCUT2D eigenvalue weighted by molar-refractivity contribution is 4.95. The van der Waals surface area contributed by atoms with E-state index in [4.69, 9.17) is 0 Å². The van der Waals surface area contributed by atoms with Gasteiger partial charge in [0, 0.05) is 12.1 Å². The average molecular weight is 238 g/mol. The van der Waals surface area contributed by atoms with E-state index in [1.165, 1.54) is 58.3 Å². The molecule has 0 saturated carbocycles. The van der Waals surface area contributed by atoms with Gasteiger partial charge in [-0.3, -0.25) is 4.90 Å². The number of rotatable bonds is 4. The van der Waals surface area contributed by atoms with Crippen molar-refractivity contribution in [3.63, 3.8) is 0 Å². The normalized spacial score (nSPS) is 39.0. The molecule has 2 atom stereocenters. The van der Waals surface area contributed by atoms with Gasteiger partial charge >= 0.3 is 0 Å². The quantitative estimate of drug-likeness (QED) is 0.803. The highest BCUT2D eigenvalue weighted by Crippen LogP contribution is 2.35. The van der Waals surface area contributed by atoms with Crippen LogP contribution in [0, 0.1) is 0 Å². The van der Waals surface area contributed by atoms with Crippen molar-refractivity contribution in [3.05, 3.63) is 0 Å². The molecule has 0 aromatic rings. The van der Waals surface area contributed by atoms with E-state index in [-0.39, 0.29) is 6.10 Å². The predicted molar refractivity (Wildman–Crippen MR) is 69.0 cm³/mol. The first-order chi connectivity index (χ1) is 8.33. The number of likely N-dealkylation sites (tertiary alicyclic amines) is 1. The fourth-order valence-corrected chi connectivity index (χ4v) is 4.09. The lowest BCUT2D eigenvalue weighted by Crippen LogP contribution is -2.45. The van der Waals surface area contributed by atoms with Crippen LogP contribution in [0.1, 0.15) is 44.9 Å². The molecule has 0 radical (unpaired) electrons. The van der Waals surface area contributed by atoms with Gasteiger partial charge in [-0.05, 0) is 71.1 Å². The maximum absolute atomic E-state index is 9.77. The minimum absolute atomic E-state index is 0.0117. The fraction of sp³-hybridized carbons (Fsp3) is 1.00. The van der Waals surface area contributed by atoms with Crippen LogP contribution in [0.25, 0.3) is 0 Å². The first-order valence-electron chi connectivity index (χ1n) is 7.49. The van der Waals surface area contributed by atoms with Crippen LogP contribution in [0.3, 0.4) is 0 Å². The van der Waals surface area contributed by atoms with Gasteiger partial charge in [0.2, 0.25) is 0 Å². The van der Waals surface area contributed by atoms with E-state index >= 15 is 0 Å². The smallest absolute Gasteiger partial charge is 0.0570 e. The second-order valence-electron chi connectivity index (χ2n) is 6.15. The molecule has 0 aromatic heterocycles. The molecule has 2 bridgehead atoms. The Bertz CT molecular complexity index is 239. The van der Waals surface area contributed by atoms with E-state index < -0.39 is 0 Å². The number of aliphatic hydroxyl groups is 1. The van der Waals surface area contributed by atoms with Crippen LogP contribution in [0.2, 0.25) is 0 Å². The summed E-state index contributed by atoms with van der Waals surface area (Å²) in [7, 11) is 0. The lowest BCUT2D eigenvalue weighted by Gasteiger charge is -2.37. The highest BCUT2D eigenvalue weighted by Gasteiger charge is 2.39. The van der Waals surface area contributed by atoms with Crippen molar-refractivity contribution >= 4 is 0 Å². The van der Waals surface area contributed by atoms with Crippen molar-refractivity contribution in [3.8, 4) is 0 Å². The third kappa shape index (κ3) is 2.67. The van der Waals surface area contributed by atoms with Gasteiger partial charge in [-0.25, -0.2) is 0 Å². The zero-order valence-electron chi connectivity index (χ0n) is 10.9. The van der Waals surface area contributed by atoms with Gasteiger partial charge in [-0.2, -0.15) is 0 Å². The van der Waals surface area contributed by atoms with Gasteiger partial charge < -0.3 is 10.0 Å². The topological polar surface area (TPSA) is 26.7 Å². The molecule has 3 saturated heterocycles. The summed E-state index contributed by atoms with van der Waals surface area (Å²) in [5.41, 5.74) is 0. The predicted octanol–water partition coefficient (Wildman–Crippen LogP) is 1.46. The van der Waals surface area contributed by atoms with Crippen LogP contribution < -0.4 is 0 Å². The molecule has 0 aliphatic carbocycles. The Hall–Kier alpha value is -0.120. The van der Waals surface area contributed by atoms with Crippen LogP contribution >= 0.6 is 0 Å². The van der Waals surface area contributed by atoms with E-state index in [1.807, 2.05) is 0 Å². The average Bonchev–Trinajstić information content (AvgIpc) is 2.88. The van der Waals surface area contributed by atoms with Crippen LogP contribution in [-0.4, -0.2) is 59.3 Å². The molecule has 0 aromatic carbocycles. The van der Waals surface area contributed by atoms with Crippen LogP contribution in [0.15, 0.2) is 0 Å². The van der Waals surface area contributed by atoms with Crippen molar-refractivity contribution < 1.29 is 5.11 Å². The Morgan fingerprint density at radius 1 is 0.941 bits per heavy atom. The van der Waals surface area contributed by atoms with E-state index in [0.29, 0.717) is 12.1 Å². The summed E-state index contributed by atoms with van der Waals surface area (Å²) in [6, 6.07) is 1.39. The number of piperidine rings is 1. The second-order valence-corrected chi connectivity index (χ2v) is 6.15. The molecule has 1 N–H and O–H groups in total. The monoisotopic (exact) mass is 238 g/mol. The van der Waals surface area contributed by atoms with Gasteiger partial charge in [0.15, 0.2) is 0 Å². The van der Waals surface area contributed by atoms with E-state index in [2.05, 4.69) is 9.80 Å². The molecule has 17 heavy (non-hydrogen) atoms. The van der Waals surface area contributed by atoms with Crippen molar-refractivity contribution in [2.24, 2.45) is 0 Å². The first-order valence-corrected chi connectivity index (χ1v) is 7.49. The molecule has 3 heteroatoms. The molecule has 3 aliphatic rings. The molecular weight excluding hydrogens is 212 g/mol. The number of nitrogens with zero attached hydrogens (tertiary/aromatic N) is 2. The summed E-state index contributed by atoms with van der Waals surface area (Å²) in [5, 5.41) is 9.77. The van der Waals surface area contributed by atoms with Gasteiger partial charge in [0.1, 0.15) is 0 Å². The Morgan fingerprint density at radius 2 is 1.59 bits per heavy atom. The minimum atomic E-state index is -0.0117. The third-order valence-electron chi connectivity index (χ3n) is 4.95. The molecular formula is C14H26N2O. The van der Waals surface area contributed by atoms with Crippen LogP contribution in [0.5, 0.6) is 0 Å². The summed E-state index contributed by atoms with van der Waals surface area (Å²) in [4.78, 5) is 5.31. The minimum Gasteiger partial charge on any atom is -0.393 e. The highest BCUT2D eigenvalue weighted by atomic mass is 16.3. The standard InChI is InChI=1S/C14H26N2O/c17-14-10-12-4-5-13(11-14)16(12)9-3-8-15-6-1-2-7-15/h12-14,17H,1-11H2. The van der Waals surface area contributed by atoms with E-state index in [9.17, 15) is 5.11 Å². The summed E-state index contributed by atoms with van der Waals surface area (Å²) < 4.78 is 0. The molecule has 3 rings (SSSR count). The Kier molecular flexibility index (Phi) is 3.69. The SMILES string of the molecule is OC1CC2CCC(C1)N2CCCN1CCCC1. The van der Waals surface area contributed by atoms with Gasteiger partial charge in [-0.15, -0.1) is 0 Å². The maximum atomic E-state index is 9.77. The molecule has 0 amide bonds. The van der Waals surface area contributed by atoms with E-state index in [0.717, 1.165) is 12.8 Å². The van der Waals surface area contributed by atoms with Crippen molar-refractivity contribution in [2.75, 3.05) is 26.2 Å². The molecule has 0 spiro atoms. The van der Waals surface area contributed by atoms with E-state index in [1.54, 1.807) is 0 Å². The third-order valence-corrected chi connectivity index (χ3v) is 4.95. The summed E-state index contributed by atoms with van der Waals surface area (Å²) >= 11 is 0. The van der Waals surface area contributed by atoms with Gasteiger partial charge in [0.05, 0.1) is 6.10 Å². The van der Waals surface area contributed by atoms with Crippen molar-refractivity contribution in [2.45, 2.75) is 63.1 Å². The molecule has 2 unspecified atom stereocenters. The zero-order valence-corrected chi connectivity index (χ0v) is 10.9. The van der Waals surface area contributed by atoms with Crippen LogP contribution in [0.4, 0.5) is 0 Å². The number of aliphatic hydroxyl groups excluding tert-OH is 1. The number of hydrogen-bond donors (Lipinski definition) is 1. The number of fused-ring (bicyclic) bond motifs is 2. The van der Waals surface area contributed by atoms with Gasteiger partial charge in [-0.1, -0.05) is 0 Å². The molecule has 3 nitrogen and oxygen atoms in total. The van der Waals surface area contributed by atoms with Crippen LogP contribution in [-0.2, 0) is 0 Å². The molecule has 3 fully saturated rings. The Morgan fingerprint density at radius 3 is 2.24 bits per heavy atom. The Balaban J connectivity index is 1.43. The molecule has 98 valence electrons. The van der Waals surface area contributed by atoms with Gasteiger partial charge in [0.25, 0.3) is 0 Å². The number of hydrogen-bond acceptors (Lipinski definition) is 3. The lowest BCUT2D eigenvalue weighted by molar-refractivity contribution is 0.0338. The summed E-state index contributed by atoms with van der Waals surface area (Å²) in [6.07, 6.45) is 8.82. The first kappa shape index (κ1) is 11.9. The Labute approximate surface area is 105 Å². The summed E-state index contributed by atoms with van der Waals surface area (Å²) in [5.74, 6) is 0. The molecule has 3 heterocycles. The van der Waals surface area contributed by atoms with Crippen molar-refractivity contribution in [1.29, 1.82) is 0 Å². The lowest BCUT2D eigenvalue weighted by atomic mass is 10.00. The zero-order chi connectivity index (χ0) is 11.7.